The highest BCUT2D eigenvalue weighted by Gasteiger charge is 2.20. The third-order valence-electron chi connectivity index (χ3n) is 4.19. The molecule has 3 rings (SSSR count). The van der Waals surface area contributed by atoms with Crippen LogP contribution < -0.4 is 10.2 Å². The monoisotopic (exact) mass is 328 g/mol. The fraction of sp³-hybridized carbons (Fsp3) is 0.333. The normalized spacial score (nSPS) is 15.8. The average Bonchev–Trinajstić information content (AvgIpc) is 3.00. The lowest BCUT2D eigenvalue weighted by molar-refractivity contribution is -0.117. The Balaban J connectivity index is 1.47. The summed E-state index contributed by atoms with van der Waals surface area (Å²) in [6.45, 7) is 1.70. The highest BCUT2D eigenvalue weighted by molar-refractivity contribution is 5.91. The second-order valence-electron chi connectivity index (χ2n) is 6.03. The molecule has 0 saturated carbocycles. The molecule has 126 valence electrons. The molecule has 1 N–H and O–H groups in total. The molecule has 1 aromatic carbocycles. The number of amides is 1. The predicted octanol–water partition coefficient (Wildman–Crippen LogP) is 2.36. The van der Waals surface area contributed by atoms with Crippen molar-refractivity contribution in [2.24, 2.45) is 7.05 Å². The van der Waals surface area contributed by atoms with E-state index in [1.807, 2.05) is 13.2 Å². The van der Waals surface area contributed by atoms with Crippen molar-refractivity contribution in [3.63, 3.8) is 0 Å². The number of hydrogen-bond acceptors (Lipinski definition) is 3. The summed E-state index contributed by atoms with van der Waals surface area (Å²) in [6, 6.07) is 6.72. The number of aromatic nitrogens is 2. The number of carbonyl (C=O) groups excluding carboxylic acids is 1. The number of hydrogen-bond donors (Lipinski definition) is 1. The van der Waals surface area contributed by atoms with E-state index in [2.05, 4.69) is 15.3 Å². The van der Waals surface area contributed by atoms with Crippen LogP contribution in [-0.4, -0.2) is 34.8 Å². The van der Waals surface area contributed by atoms with Gasteiger partial charge < -0.3 is 10.2 Å². The molecule has 24 heavy (non-hydrogen) atoms. The Morgan fingerprint density at radius 2 is 2.00 bits per heavy atom. The van der Waals surface area contributed by atoms with Gasteiger partial charge in [0.05, 0.1) is 6.20 Å². The van der Waals surface area contributed by atoms with Gasteiger partial charge >= 0.3 is 0 Å². The Bertz CT molecular complexity index is 715. The first-order valence-electron chi connectivity index (χ1n) is 8.08. The molecular weight excluding hydrogens is 307 g/mol. The fourth-order valence-corrected chi connectivity index (χ4v) is 2.88. The number of benzene rings is 1. The molecule has 0 unspecified atom stereocenters. The van der Waals surface area contributed by atoms with Crippen molar-refractivity contribution in [1.29, 1.82) is 0 Å². The number of piperidine rings is 1. The molecule has 1 aromatic heterocycles. The van der Waals surface area contributed by atoms with Crippen molar-refractivity contribution in [2.75, 3.05) is 18.0 Å². The van der Waals surface area contributed by atoms with Crippen LogP contribution >= 0.6 is 0 Å². The molecule has 2 heterocycles. The van der Waals surface area contributed by atoms with Crippen molar-refractivity contribution in [3.8, 4) is 0 Å². The molecule has 1 aliphatic rings. The molecule has 1 amide bonds. The number of nitrogens with zero attached hydrogens (tertiary/aromatic N) is 3. The van der Waals surface area contributed by atoms with Crippen LogP contribution in [0, 0.1) is 5.82 Å². The van der Waals surface area contributed by atoms with Gasteiger partial charge in [-0.25, -0.2) is 4.39 Å². The molecule has 6 heteroatoms. The van der Waals surface area contributed by atoms with Crippen LogP contribution in [0.15, 0.2) is 42.7 Å². The summed E-state index contributed by atoms with van der Waals surface area (Å²) >= 11 is 0. The van der Waals surface area contributed by atoms with Crippen LogP contribution in [0.4, 0.5) is 10.1 Å². The maximum absolute atomic E-state index is 13.0. The van der Waals surface area contributed by atoms with E-state index in [1.54, 1.807) is 35.2 Å². The van der Waals surface area contributed by atoms with Gasteiger partial charge in [-0.2, -0.15) is 5.10 Å². The first-order chi connectivity index (χ1) is 11.6. The van der Waals surface area contributed by atoms with Gasteiger partial charge in [0.25, 0.3) is 0 Å². The number of aryl methyl sites for hydroxylation is 1. The lowest BCUT2D eigenvalue weighted by Crippen LogP contribution is -2.44. The first-order valence-corrected chi connectivity index (χ1v) is 8.08. The maximum atomic E-state index is 13.0. The highest BCUT2D eigenvalue weighted by atomic mass is 19.1. The second-order valence-corrected chi connectivity index (χ2v) is 6.03. The summed E-state index contributed by atoms with van der Waals surface area (Å²) in [5.41, 5.74) is 1.93. The first kappa shape index (κ1) is 16.2. The van der Waals surface area contributed by atoms with Crippen molar-refractivity contribution in [3.05, 3.63) is 54.1 Å². The quantitative estimate of drug-likeness (QED) is 0.877. The summed E-state index contributed by atoms with van der Waals surface area (Å²) in [5.74, 6) is -0.305. The number of nitrogens with one attached hydrogen (secondary N) is 1. The van der Waals surface area contributed by atoms with Crippen LogP contribution in [0.1, 0.15) is 18.4 Å². The Labute approximate surface area is 140 Å². The lowest BCUT2D eigenvalue weighted by atomic mass is 10.0. The van der Waals surface area contributed by atoms with Crippen LogP contribution in [0.3, 0.4) is 0 Å². The summed E-state index contributed by atoms with van der Waals surface area (Å²) < 4.78 is 14.7. The molecule has 0 atom stereocenters. The Hall–Kier alpha value is -2.63. The summed E-state index contributed by atoms with van der Waals surface area (Å²) in [7, 11) is 1.84. The van der Waals surface area contributed by atoms with Gasteiger partial charge in [0.2, 0.25) is 5.91 Å². The van der Waals surface area contributed by atoms with Crippen molar-refractivity contribution in [1.82, 2.24) is 15.1 Å². The lowest BCUT2D eigenvalue weighted by Gasteiger charge is -2.33. The molecule has 1 fully saturated rings. The average molecular weight is 328 g/mol. The second kappa shape index (κ2) is 7.29. The number of rotatable bonds is 4. The minimum atomic E-state index is -0.221. The van der Waals surface area contributed by atoms with E-state index in [0.717, 1.165) is 37.2 Å². The largest absolute Gasteiger partial charge is 0.371 e. The van der Waals surface area contributed by atoms with E-state index in [-0.39, 0.29) is 17.8 Å². The van der Waals surface area contributed by atoms with Gasteiger partial charge in [0.1, 0.15) is 5.82 Å². The third-order valence-corrected chi connectivity index (χ3v) is 4.19. The van der Waals surface area contributed by atoms with E-state index >= 15 is 0 Å². The molecule has 0 bridgehead atoms. The van der Waals surface area contributed by atoms with Gasteiger partial charge in [-0.05, 0) is 43.2 Å². The third kappa shape index (κ3) is 4.22. The summed E-state index contributed by atoms with van der Waals surface area (Å²) in [5, 5.41) is 7.09. The van der Waals surface area contributed by atoms with E-state index < -0.39 is 0 Å². The van der Waals surface area contributed by atoms with Gasteiger partial charge in [0.15, 0.2) is 0 Å². The van der Waals surface area contributed by atoms with E-state index in [4.69, 9.17) is 0 Å². The zero-order chi connectivity index (χ0) is 16.9. The number of anilines is 1. The minimum Gasteiger partial charge on any atom is -0.371 e. The van der Waals surface area contributed by atoms with Gasteiger partial charge in [-0.1, -0.05) is 0 Å². The zero-order valence-electron chi connectivity index (χ0n) is 13.7. The molecule has 1 saturated heterocycles. The Kier molecular flexibility index (Phi) is 4.93. The summed E-state index contributed by atoms with van der Waals surface area (Å²) in [4.78, 5) is 14.2. The zero-order valence-corrected chi connectivity index (χ0v) is 13.7. The van der Waals surface area contributed by atoms with Crippen molar-refractivity contribution in [2.45, 2.75) is 18.9 Å². The van der Waals surface area contributed by atoms with Crippen LogP contribution in [-0.2, 0) is 11.8 Å². The molecule has 0 aliphatic carbocycles. The Morgan fingerprint density at radius 1 is 1.29 bits per heavy atom. The molecular formula is C18H21FN4O. The molecule has 0 radical (unpaired) electrons. The minimum absolute atomic E-state index is 0.0842. The van der Waals surface area contributed by atoms with Crippen LogP contribution in [0.5, 0.6) is 0 Å². The molecule has 1 aliphatic heterocycles. The molecule has 0 spiro atoms. The highest BCUT2D eigenvalue weighted by Crippen LogP contribution is 2.20. The van der Waals surface area contributed by atoms with Crippen molar-refractivity contribution < 1.29 is 9.18 Å². The fourth-order valence-electron chi connectivity index (χ4n) is 2.88. The topological polar surface area (TPSA) is 50.2 Å². The smallest absolute Gasteiger partial charge is 0.244 e. The van der Waals surface area contributed by atoms with Crippen molar-refractivity contribution >= 4 is 17.7 Å². The van der Waals surface area contributed by atoms with E-state index in [1.165, 1.54) is 12.1 Å². The van der Waals surface area contributed by atoms with E-state index in [9.17, 15) is 9.18 Å². The van der Waals surface area contributed by atoms with E-state index in [0.29, 0.717) is 0 Å². The molecule has 5 nitrogen and oxygen atoms in total. The SMILES string of the molecule is Cn1cc(C=CC(=O)NC2CCN(c3ccc(F)cc3)CC2)cn1. The van der Waals surface area contributed by atoms with Gasteiger partial charge in [-0.15, -0.1) is 0 Å². The number of halogens is 1. The predicted molar refractivity (Wildman–Crippen MR) is 92.0 cm³/mol. The number of carbonyl (C=O) groups is 1. The molecule has 2 aromatic rings. The van der Waals surface area contributed by atoms with Crippen LogP contribution in [0.2, 0.25) is 0 Å². The van der Waals surface area contributed by atoms with Crippen LogP contribution in [0.25, 0.3) is 6.08 Å². The van der Waals surface area contributed by atoms with Gasteiger partial charge in [0, 0.05) is 49.7 Å². The summed E-state index contributed by atoms with van der Waals surface area (Å²) in [6.07, 6.45) is 8.63. The maximum Gasteiger partial charge on any atom is 0.244 e. The Morgan fingerprint density at radius 3 is 2.62 bits per heavy atom. The standard InChI is InChI=1S/C18H21FN4O/c1-22-13-14(12-20-22)2-7-18(24)21-16-8-10-23(11-9-16)17-5-3-15(19)4-6-17/h2-7,12-13,16H,8-11H2,1H3,(H,21,24). The van der Waals surface area contributed by atoms with Gasteiger partial charge in [-0.3, -0.25) is 9.48 Å².